The molecule has 700 valence electrons. The Balaban J connectivity index is 0.000000144. The quantitative estimate of drug-likeness (QED) is 0.137. The van der Waals surface area contributed by atoms with Crippen molar-refractivity contribution in [3.05, 3.63) is 315 Å². The van der Waals surface area contributed by atoms with Gasteiger partial charge in [0, 0.05) is 6.42 Å². The molecule has 0 saturated heterocycles. The maximum atomic E-state index is 5.95. The third kappa shape index (κ3) is 31.5. The highest BCUT2D eigenvalue weighted by Crippen LogP contribution is 2.38. The Bertz CT molecular complexity index is 4920. The summed E-state index contributed by atoms with van der Waals surface area (Å²) in [7, 11) is 0. The van der Waals surface area contributed by atoms with Gasteiger partial charge in [-0.2, -0.15) is 0 Å². The van der Waals surface area contributed by atoms with Crippen LogP contribution in [0, 0.1) is 0 Å². The molecule has 0 radical (unpaired) electrons. The van der Waals surface area contributed by atoms with Crippen molar-refractivity contribution in [3.8, 4) is 149 Å². The molecule has 4 aliphatic rings. The third-order valence-electron chi connectivity index (χ3n) is 19.4. The number of rotatable bonds is 0. The second kappa shape index (κ2) is 54.9. The molecule has 0 unspecified atom stereocenters. The Morgan fingerprint density at radius 1 is 0.0821 bits per heavy atom. The predicted octanol–water partition coefficient (Wildman–Crippen LogP) is 19.4. The van der Waals surface area contributed by atoms with Gasteiger partial charge < -0.3 is 128 Å². The van der Waals surface area contributed by atoms with E-state index in [2.05, 4.69) is 0 Å². The molecule has 0 saturated carbocycles. The summed E-state index contributed by atoms with van der Waals surface area (Å²) in [5, 5.41) is 0. The van der Waals surface area contributed by atoms with E-state index in [1.165, 1.54) is 0 Å². The lowest BCUT2D eigenvalue weighted by Gasteiger charge is -2.17. The highest BCUT2D eigenvalue weighted by molar-refractivity contribution is 5.48. The van der Waals surface area contributed by atoms with Gasteiger partial charge in [0.2, 0.25) is 0 Å². The molecule has 13 aromatic carbocycles. The van der Waals surface area contributed by atoms with Crippen molar-refractivity contribution in [3.63, 3.8) is 0 Å². The molecule has 17 rings (SSSR count). The van der Waals surface area contributed by atoms with Crippen LogP contribution in [0.15, 0.2) is 315 Å². The fourth-order valence-corrected chi connectivity index (χ4v) is 13.2. The van der Waals surface area contributed by atoms with Gasteiger partial charge in [0.25, 0.3) is 0 Å². The second-order valence-corrected chi connectivity index (χ2v) is 28.8. The maximum absolute atomic E-state index is 5.95. The van der Waals surface area contributed by atoms with Crippen molar-refractivity contribution in [1.82, 2.24) is 0 Å². The fourth-order valence-electron chi connectivity index (χ4n) is 13.2. The van der Waals surface area contributed by atoms with Crippen molar-refractivity contribution in [1.29, 1.82) is 0 Å². The lowest BCUT2D eigenvalue weighted by molar-refractivity contribution is 0.0743. The van der Waals surface area contributed by atoms with Gasteiger partial charge in [-0.15, -0.1) is 0 Å². The first-order valence-corrected chi connectivity index (χ1v) is 44.6. The Hall–Kier alpha value is -15.4. The zero-order valence-corrected chi connectivity index (χ0v) is 74.6. The first kappa shape index (κ1) is 94.7. The van der Waals surface area contributed by atoms with E-state index in [9.17, 15) is 0 Å². The molecular weight excluding hydrogens is 1720 g/mol. The van der Waals surface area contributed by atoms with Crippen LogP contribution in [0.5, 0.6) is 149 Å². The average Bonchev–Trinajstić information content (AvgIpc) is 1.10. The van der Waals surface area contributed by atoms with E-state index in [-0.39, 0.29) is 0 Å². The van der Waals surface area contributed by atoms with E-state index < -0.39 is 0 Å². The SMILES string of the molecule is c1ccc2c(c1)OCCCOc1ccccc1OCCOc1ccccc1OCCO2.c1ccc2c(c1)OCCOCCOc1ccccc1OCCOc1ccccc1OCCO2.c1ccc2c(c1)OCCOc1ccccc1OCCOc1ccccc1OCCO2.c1ccc2c(c1)OCCOc1ccccc1OCCOc1ccccc1OCCOc1ccccc1OCCO2. The summed E-state index contributed by atoms with van der Waals surface area (Å²) in [6.07, 6.45) is 0.726. The minimum Gasteiger partial charge on any atom is -0.490 e. The van der Waals surface area contributed by atoms with Crippen LogP contribution in [0.4, 0.5) is 0 Å². The lowest BCUT2D eigenvalue weighted by Crippen LogP contribution is -2.14. The summed E-state index contributed by atoms with van der Waals surface area (Å²) >= 11 is 0. The van der Waals surface area contributed by atoms with Gasteiger partial charge in [0.1, 0.15) is 159 Å². The average molecular weight is 1830 g/mol. The van der Waals surface area contributed by atoms with Gasteiger partial charge in [0.15, 0.2) is 149 Å². The van der Waals surface area contributed by atoms with E-state index >= 15 is 0 Å². The van der Waals surface area contributed by atoms with Crippen molar-refractivity contribution in [2.24, 2.45) is 0 Å². The fraction of sp³-hybridized carbons (Fsp3) is 0.271. The van der Waals surface area contributed by atoms with Crippen LogP contribution < -0.4 is 123 Å². The van der Waals surface area contributed by atoms with Gasteiger partial charge >= 0.3 is 0 Å². The molecule has 4 heterocycles. The van der Waals surface area contributed by atoms with Crippen LogP contribution in [0.3, 0.4) is 0 Å². The van der Waals surface area contributed by atoms with Gasteiger partial charge in [0.05, 0.1) is 26.4 Å². The number of benzene rings is 13. The highest BCUT2D eigenvalue weighted by atomic mass is 16.6. The third-order valence-corrected chi connectivity index (χ3v) is 19.4. The van der Waals surface area contributed by atoms with Crippen LogP contribution in [-0.4, -0.2) is 185 Å². The molecule has 27 heteroatoms. The lowest BCUT2D eigenvalue weighted by atomic mass is 10.3. The molecule has 27 nitrogen and oxygen atoms in total. The Morgan fingerprint density at radius 3 is 0.231 bits per heavy atom. The van der Waals surface area contributed by atoms with E-state index in [4.69, 9.17) is 128 Å². The number of hydrogen-bond donors (Lipinski definition) is 0. The van der Waals surface area contributed by atoms with Crippen molar-refractivity contribution in [2.75, 3.05) is 185 Å². The van der Waals surface area contributed by atoms with Crippen LogP contribution in [0.2, 0.25) is 0 Å². The van der Waals surface area contributed by atoms with Gasteiger partial charge in [-0.1, -0.05) is 158 Å². The first-order valence-electron chi connectivity index (χ1n) is 44.6. The highest BCUT2D eigenvalue weighted by Gasteiger charge is 2.18. The van der Waals surface area contributed by atoms with E-state index in [0.29, 0.717) is 334 Å². The second-order valence-electron chi connectivity index (χ2n) is 28.8. The molecular formula is C107H110O27. The van der Waals surface area contributed by atoms with E-state index in [1.807, 2.05) is 315 Å². The molecule has 0 amide bonds. The normalized spacial score (nSPS) is 15.1. The van der Waals surface area contributed by atoms with Crippen LogP contribution in [-0.2, 0) is 4.74 Å². The number of hydrogen-bond acceptors (Lipinski definition) is 27. The molecule has 4 aliphatic heterocycles. The van der Waals surface area contributed by atoms with Crippen molar-refractivity contribution < 1.29 is 128 Å². The standard InChI is InChI=1S/C32H32O8.C26H28O7.C25H26O6.C24H24O6/c1-2-10-26-25(9-1)33-17-18-35-27-11-3-4-12-28(27)37-21-22-39-31-15-7-8-16-32(31)40-24-23-38-30-14-6-5-13-29(30)36-20-19-34-26;1-3-9-23-21(7-1)28-15-13-27-14-16-29-22-8-2-4-10-24(22)31-18-20-33-26-12-6-5-11-25(26)32-19-17-30-23;1-3-10-22-20(8-1)26-14-7-15-27-21-9-2-4-11-23(21)29-17-19-31-25-13-6-5-12-24(25)30-18-16-28-22;1-2-8-20-19(7-1)25-13-14-27-21-9-3-4-10-22(21)29-17-18-30-24-12-6-5-11-23(24)28-16-15-26-20/h1-16H,17-24H2;1-12H,13-20H2;1-6,8-13H,7,14-19H2;1-12H,13-18H2. The number of fused-ring (bicyclic) bond motifs is 13. The predicted molar refractivity (Wildman–Crippen MR) is 502 cm³/mol. The zero-order valence-electron chi connectivity index (χ0n) is 74.6. The van der Waals surface area contributed by atoms with Crippen LogP contribution >= 0.6 is 0 Å². The minimum atomic E-state index is 0.329. The van der Waals surface area contributed by atoms with Crippen LogP contribution in [0.25, 0.3) is 0 Å². The molecule has 0 fully saturated rings. The largest absolute Gasteiger partial charge is 0.490 e. The Morgan fingerprint density at radius 2 is 0.149 bits per heavy atom. The summed E-state index contributed by atoms with van der Waals surface area (Å²) < 4.78 is 159. The van der Waals surface area contributed by atoms with Crippen LogP contribution in [0.1, 0.15) is 6.42 Å². The molecule has 134 heavy (non-hydrogen) atoms. The topological polar surface area (TPSA) is 249 Å². The number of para-hydroxylation sites is 26. The van der Waals surface area contributed by atoms with E-state index in [1.54, 1.807) is 0 Å². The molecule has 0 bridgehead atoms. The van der Waals surface area contributed by atoms with Gasteiger partial charge in [-0.3, -0.25) is 0 Å². The maximum Gasteiger partial charge on any atom is 0.161 e. The van der Waals surface area contributed by atoms with Crippen molar-refractivity contribution >= 4 is 0 Å². The molecule has 0 atom stereocenters. The first-order chi connectivity index (χ1) is 66.6. The van der Waals surface area contributed by atoms with Gasteiger partial charge in [-0.25, -0.2) is 0 Å². The molecule has 0 spiro atoms. The summed E-state index contributed by atoms with van der Waals surface area (Å²) in [4.78, 5) is 0. The van der Waals surface area contributed by atoms with Gasteiger partial charge in [-0.05, 0) is 158 Å². The summed E-state index contributed by atoms with van der Waals surface area (Å²) in [5.74, 6) is 17.1. The summed E-state index contributed by atoms with van der Waals surface area (Å²) in [5.41, 5.74) is 0. The zero-order chi connectivity index (χ0) is 91.4. The molecule has 0 aromatic heterocycles. The monoisotopic (exact) mass is 1830 g/mol. The molecule has 13 aromatic rings. The van der Waals surface area contributed by atoms with E-state index in [0.717, 1.165) is 6.42 Å². The Labute approximate surface area is 780 Å². The minimum absolute atomic E-state index is 0.329. The molecule has 0 aliphatic carbocycles. The number of ether oxygens (including phenoxy) is 27. The summed E-state index contributed by atoms with van der Waals surface area (Å²) in [6.45, 7) is 10.6. The van der Waals surface area contributed by atoms with Crippen molar-refractivity contribution in [2.45, 2.75) is 6.42 Å². The summed E-state index contributed by atoms with van der Waals surface area (Å²) in [6, 6.07) is 98.2. The smallest absolute Gasteiger partial charge is 0.161 e. The molecule has 0 N–H and O–H groups in total. The Kier molecular flexibility index (Phi) is 38.8.